The third-order valence-corrected chi connectivity index (χ3v) is 2.43. The number of ether oxygens (including phenoxy) is 1. The second kappa shape index (κ2) is 12.4. The summed E-state index contributed by atoms with van der Waals surface area (Å²) in [6.45, 7) is 2.11. The highest BCUT2D eigenvalue weighted by atomic mass is 79.9. The number of aliphatic hydroxyl groups excluding tert-OH is 1. The minimum atomic E-state index is 0.335. The molecule has 0 saturated carbocycles. The molecule has 0 fully saturated rings. The SMILES string of the molecule is OCCCCCCCOCCCBr. The van der Waals surface area contributed by atoms with Crippen molar-refractivity contribution in [3.05, 3.63) is 0 Å². The maximum Gasteiger partial charge on any atom is 0.0474 e. The van der Waals surface area contributed by atoms with Gasteiger partial charge in [-0.3, -0.25) is 0 Å². The Morgan fingerprint density at radius 3 is 2.15 bits per heavy atom. The number of aliphatic hydroxyl groups is 1. The highest BCUT2D eigenvalue weighted by Gasteiger charge is 1.90. The van der Waals surface area contributed by atoms with E-state index in [9.17, 15) is 0 Å². The van der Waals surface area contributed by atoms with Crippen molar-refractivity contribution in [3.8, 4) is 0 Å². The Balaban J connectivity index is 2.76. The van der Waals surface area contributed by atoms with Gasteiger partial charge in [0.05, 0.1) is 0 Å². The lowest BCUT2D eigenvalue weighted by Gasteiger charge is -2.02. The van der Waals surface area contributed by atoms with E-state index < -0.39 is 0 Å². The van der Waals surface area contributed by atoms with Crippen molar-refractivity contribution in [2.75, 3.05) is 25.2 Å². The molecule has 0 aliphatic rings. The molecular weight excluding hydrogens is 232 g/mol. The first kappa shape index (κ1) is 13.4. The molecule has 0 bridgehead atoms. The van der Waals surface area contributed by atoms with Gasteiger partial charge in [0.15, 0.2) is 0 Å². The molecule has 2 nitrogen and oxygen atoms in total. The van der Waals surface area contributed by atoms with Gasteiger partial charge in [-0.1, -0.05) is 35.2 Å². The van der Waals surface area contributed by atoms with Gasteiger partial charge in [0.2, 0.25) is 0 Å². The molecule has 0 aromatic rings. The summed E-state index contributed by atoms with van der Waals surface area (Å²) in [5, 5.41) is 9.57. The van der Waals surface area contributed by atoms with E-state index in [-0.39, 0.29) is 0 Å². The van der Waals surface area contributed by atoms with E-state index in [2.05, 4.69) is 15.9 Å². The normalized spacial score (nSPS) is 10.6. The Hall–Kier alpha value is 0.400. The number of hydrogen-bond donors (Lipinski definition) is 1. The number of halogens is 1. The van der Waals surface area contributed by atoms with Gasteiger partial charge in [-0.2, -0.15) is 0 Å². The van der Waals surface area contributed by atoms with E-state index in [4.69, 9.17) is 9.84 Å². The molecule has 3 heteroatoms. The molecule has 0 heterocycles. The third kappa shape index (κ3) is 12.4. The molecule has 0 aromatic carbocycles. The molecule has 0 aliphatic carbocycles. The van der Waals surface area contributed by atoms with E-state index >= 15 is 0 Å². The van der Waals surface area contributed by atoms with E-state index in [1.54, 1.807) is 0 Å². The zero-order chi connectivity index (χ0) is 9.78. The molecule has 0 aromatic heterocycles. The molecule has 0 radical (unpaired) electrons. The van der Waals surface area contributed by atoms with Crippen LogP contribution in [0.3, 0.4) is 0 Å². The van der Waals surface area contributed by atoms with Gasteiger partial charge in [-0.25, -0.2) is 0 Å². The first-order valence-electron chi connectivity index (χ1n) is 5.16. The predicted octanol–water partition coefficient (Wildman–Crippen LogP) is 2.73. The van der Waals surface area contributed by atoms with Crippen LogP contribution in [0.4, 0.5) is 0 Å². The van der Waals surface area contributed by atoms with Crippen LogP contribution >= 0.6 is 15.9 Å². The zero-order valence-corrected chi connectivity index (χ0v) is 9.89. The second-order valence-electron chi connectivity index (χ2n) is 3.15. The fraction of sp³-hybridized carbons (Fsp3) is 1.00. The van der Waals surface area contributed by atoms with E-state index in [1.807, 2.05) is 0 Å². The summed E-state index contributed by atoms with van der Waals surface area (Å²) in [4.78, 5) is 0. The molecule has 0 rings (SSSR count). The van der Waals surface area contributed by atoms with Crippen LogP contribution in [0, 0.1) is 0 Å². The van der Waals surface area contributed by atoms with Crippen LogP contribution in [0.5, 0.6) is 0 Å². The molecule has 80 valence electrons. The molecule has 13 heavy (non-hydrogen) atoms. The minimum Gasteiger partial charge on any atom is -0.396 e. The van der Waals surface area contributed by atoms with Gasteiger partial charge in [0.1, 0.15) is 0 Å². The Morgan fingerprint density at radius 2 is 1.46 bits per heavy atom. The lowest BCUT2D eigenvalue weighted by molar-refractivity contribution is 0.131. The zero-order valence-electron chi connectivity index (χ0n) is 8.30. The lowest BCUT2D eigenvalue weighted by atomic mass is 10.1. The summed E-state index contributed by atoms with van der Waals surface area (Å²) in [5.74, 6) is 0. The second-order valence-corrected chi connectivity index (χ2v) is 3.94. The number of hydrogen-bond acceptors (Lipinski definition) is 2. The average Bonchev–Trinajstić information content (AvgIpc) is 2.16. The molecule has 0 amide bonds. The van der Waals surface area contributed by atoms with Crippen LogP contribution in [-0.4, -0.2) is 30.3 Å². The van der Waals surface area contributed by atoms with Crippen molar-refractivity contribution < 1.29 is 9.84 Å². The Morgan fingerprint density at radius 1 is 0.846 bits per heavy atom. The van der Waals surface area contributed by atoms with Gasteiger partial charge in [0, 0.05) is 25.2 Å². The average molecular weight is 253 g/mol. The highest BCUT2D eigenvalue weighted by Crippen LogP contribution is 2.02. The van der Waals surface area contributed by atoms with Crippen molar-refractivity contribution in [1.82, 2.24) is 0 Å². The molecule has 1 N–H and O–H groups in total. The van der Waals surface area contributed by atoms with Crippen LogP contribution in [0.25, 0.3) is 0 Å². The van der Waals surface area contributed by atoms with Crippen molar-refractivity contribution in [2.24, 2.45) is 0 Å². The molecule has 0 saturated heterocycles. The van der Waals surface area contributed by atoms with Crippen LogP contribution in [0.1, 0.15) is 38.5 Å². The number of alkyl halides is 1. The summed E-state index contributed by atoms with van der Waals surface area (Å²) in [6, 6.07) is 0. The van der Waals surface area contributed by atoms with E-state index in [1.165, 1.54) is 12.8 Å². The third-order valence-electron chi connectivity index (χ3n) is 1.87. The smallest absolute Gasteiger partial charge is 0.0474 e. The quantitative estimate of drug-likeness (QED) is 0.479. The maximum atomic E-state index is 8.54. The molecule has 0 atom stereocenters. The van der Waals surface area contributed by atoms with Gasteiger partial charge in [0.25, 0.3) is 0 Å². The maximum absolute atomic E-state index is 8.54. The van der Waals surface area contributed by atoms with Crippen LogP contribution in [0.15, 0.2) is 0 Å². The summed E-state index contributed by atoms with van der Waals surface area (Å²) in [7, 11) is 0. The minimum absolute atomic E-state index is 0.335. The van der Waals surface area contributed by atoms with Crippen molar-refractivity contribution in [2.45, 2.75) is 38.5 Å². The van der Waals surface area contributed by atoms with Crippen molar-refractivity contribution >= 4 is 15.9 Å². The largest absolute Gasteiger partial charge is 0.396 e. The highest BCUT2D eigenvalue weighted by molar-refractivity contribution is 9.09. The summed E-state index contributed by atoms with van der Waals surface area (Å²) < 4.78 is 5.40. The monoisotopic (exact) mass is 252 g/mol. The topological polar surface area (TPSA) is 29.5 Å². The van der Waals surface area contributed by atoms with Gasteiger partial charge in [-0.15, -0.1) is 0 Å². The van der Waals surface area contributed by atoms with E-state index in [0.29, 0.717) is 6.61 Å². The van der Waals surface area contributed by atoms with Gasteiger partial charge < -0.3 is 9.84 Å². The van der Waals surface area contributed by atoms with Gasteiger partial charge in [-0.05, 0) is 19.3 Å². The molecule has 0 unspecified atom stereocenters. The van der Waals surface area contributed by atoms with Crippen LogP contribution in [-0.2, 0) is 4.74 Å². The molecule has 0 spiro atoms. The first-order chi connectivity index (χ1) is 6.41. The first-order valence-corrected chi connectivity index (χ1v) is 6.28. The Labute approximate surface area is 89.8 Å². The summed E-state index contributed by atoms with van der Waals surface area (Å²) in [6.07, 6.45) is 6.82. The number of unbranched alkanes of at least 4 members (excludes halogenated alkanes) is 4. The lowest BCUT2D eigenvalue weighted by Crippen LogP contribution is -1.97. The fourth-order valence-corrected chi connectivity index (χ4v) is 1.33. The standard InChI is InChI=1S/C10H21BrO2/c11-7-6-10-13-9-5-3-1-2-4-8-12/h12H,1-10H2. The Bertz CT molecular complexity index is 79.0. The van der Waals surface area contributed by atoms with Crippen LogP contribution in [0.2, 0.25) is 0 Å². The Kier molecular flexibility index (Phi) is 12.8. The molecule has 0 aliphatic heterocycles. The fourth-order valence-electron chi connectivity index (χ4n) is 1.10. The summed E-state index contributed by atoms with van der Waals surface area (Å²) >= 11 is 3.36. The van der Waals surface area contributed by atoms with E-state index in [0.717, 1.165) is 44.2 Å². The predicted molar refractivity (Wildman–Crippen MR) is 59.4 cm³/mol. The molecular formula is C10H21BrO2. The summed E-state index contributed by atoms with van der Waals surface area (Å²) in [5.41, 5.74) is 0. The van der Waals surface area contributed by atoms with Crippen LogP contribution < -0.4 is 0 Å². The number of rotatable bonds is 10. The van der Waals surface area contributed by atoms with Gasteiger partial charge >= 0.3 is 0 Å². The van der Waals surface area contributed by atoms with Crippen molar-refractivity contribution in [3.63, 3.8) is 0 Å². The van der Waals surface area contributed by atoms with Crippen molar-refractivity contribution in [1.29, 1.82) is 0 Å².